The van der Waals surface area contributed by atoms with Crippen LogP contribution in [0, 0.1) is 0 Å². The van der Waals surface area contributed by atoms with Crippen LogP contribution in [0.15, 0.2) is 211 Å². The van der Waals surface area contributed by atoms with Gasteiger partial charge in [-0.25, -0.2) is 0 Å². The first-order valence-corrected chi connectivity index (χ1v) is 18.8. The largest absolute Gasteiger partial charge is 0.454 e. The number of hydrogen-bond acceptors (Lipinski definition) is 2. The standard InChI is InChI=1S/C52H34N2O/c1-3-14-35(15-4-1)42-20-9-10-21-43(42)36-26-28-40(29-27-36)53(49-25-13-23-46-47-32-37-16-7-8-17-38(37)33-51(47)55-52(46)49)41-30-31-45-44-22-11-12-24-48(44)54(50(45)34-41)39-18-5-2-6-19-39/h1-34H. The van der Waals surface area contributed by atoms with Crippen molar-refractivity contribution >= 4 is 71.6 Å². The molecule has 0 atom stereocenters. The summed E-state index contributed by atoms with van der Waals surface area (Å²) in [6.45, 7) is 0. The fourth-order valence-corrected chi connectivity index (χ4v) is 8.42. The number of hydrogen-bond donors (Lipinski definition) is 0. The molecule has 3 heteroatoms. The summed E-state index contributed by atoms with van der Waals surface area (Å²) in [5.74, 6) is 0. The molecule has 3 nitrogen and oxygen atoms in total. The number of para-hydroxylation sites is 3. The Kier molecular flexibility index (Phi) is 7.17. The minimum atomic E-state index is 0.856. The van der Waals surface area contributed by atoms with E-state index in [0.717, 1.165) is 61.2 Å². The van der Waals surface area contributed by atoms with E-state index in [9.17, 15) is 0 Å². The number of benzene rings is 9. The second kappa shape index (κ2) is 12.6. The van der Waals surface area contributed by atoms with E-state index in [1.807, 2.05) is 0 Å². The Hall–Kier alpha value is -7.36. The fraction of sp³-hybridized carbons (Fsp3) is 0. The molecule has 55 heavy (non-hydrogen) atoms. The van der Waals surface area contributed by atoms with Gasteiger partial charge < -0.3 is 13.9 Å². The Balaban J connectivity index is 1.14. The van der Waals surface area contributed by atoms with Crippen molar-refractivity contribution in [3.05, 3.63) is 206 Å². The van der Waals surface area contributed by atoms with Crippen LogP contribution in [-0.4, -0.2) is 4.57 Å². The molecule has 0 aliphatic carbocycles. The topological polar surface area (TPSA) is 21.3 Å². The Morgan fingerprint density at radius 3 is 1.76 bits per heavy atom. The number of aromatic nitrogens is 1. The van der Waals surface area contributed by atoms with Crippen LogP contribution in [0.1, 0.15) is 0 Å². The molecular formula is C52H34N2O. The van der Waals surface area contributed by atoms with E-state index in [-0.39, 0.29) is 0 Å². The molecule has 0 unspecified atom stereocenters. The Morgan fingerprint density at radius 1 is 0.382 bits per heavy atom. The van der Waals surface area contributed by atoms with Crippen molar-refractivity contribution in [2.45, 2.75) is 0 Å². The molecule has 0 saturated carbocycles. The smallest absolute Gasteiger partial charge is 0.159 e. The molecule has 0 spiro atoms. The molecular weight excluding hydrogens is 669 g/mol. The quantitative estimate of drug-likeness (QED) is 0.172. The Labute approximate surface area is 318 Å². The Bertz CT molecular complexity index is 3190. The lowest BCUT2D eigenvalue weighted by Crippen LogP contribution is -2.10. The molecule has 11 aromatic rings. The van der Waals surface area contributed by atoms with Gasteiger partial charge in [0.2, 0.25) is 0 Å². The van der Waals surface area contributed by atoms with Gasteiger partial charge >= 0.3 is 0 Å². The maximum atomic E-state index is 6.86. The Morgan fingerprint density at radius 2 is 0.982 bits per heavy atom. The molecule has 0 fully saturated rings. The molecule has 0 aliphatic rings. The first kappa shape index (κ1) is 31.2. The summed E-state index contributed by atoms with van der Waals surface area (Å²) in [6.07, 6.45) is 0. The van der Waals surface area contributed by atoms with Crippen molar-refractivity contribution in [1.82, 2.24) is 4.57 Å². The van der Waals surface area contributed by atoms with Crippen molar-refractivity contribution in [1.29, 1.82) is 0 Å². The van der Waals surface area contributed by atoms with Crippen LogP contribution in [0.2, 0.25) is 0 Å². The third kappa shape index (κ3) is 5.13. The monoisotopic (exact) mass is 702 g/mol. The molecule has 0 aliphatic heterocycles. The molecule has 9 aromatic carbocycles. The summed E-state index contributed by atoms with van der Waals surface area (Å²) in [5.41, 5.74) is 13.0. The minimum Gasteiger partial charge on any atom is -0.454 e. The number of furan rings is 1. The van der Waals surface area contributed by atoms with Crippen LogP contribution < -0.4 is 4.90 Å². The molecule has 11 rings (SSSR count). The molecule has 0 amide bonds. The lowest BCUT2D eigenvalue weighted by Gasteiger charge is -2.26. The number of rotatable bonds is 6. The van der Waals surface area contributed by atoms with Crippen molar-refractivity contribution < 1.29 is 4.42 Å². The molecule has 0 radical (unpaired) electrons. The van der Waals surface area contributed by atoms with E-state index in [1.165, 1.54) is 38.4 Å². The van der Waals surface area contributed by atoms with Crippen molar-refractivity contribution in [3.63, 3.8) is 0 Å². The van der Waals surface area contributed by atoms with Crippen LogP contribution >= 0.6 is 0 Å². The average molecular weight is 703 g/mol. The summed E-state index contributed by atoms with van der Waals surface area (Å²) in [7, 11) is 0. The van der Waals surface area contributed by atoms with Gasteiger partial charge in [-0.05, 0) is 93.7 Å². The van der Waals surface area contributed by atoms with Gasteiger partial charge in [-0.3, -0.25) is 0 Å². The highest BCUT2D eigenvalue weighted by molar-refractivity contribution is 6.14. The van der Waals surface area contributed by atoms with E-state index < -0.39 is 0 Å². The van der Waals surface area contributed by atoms with Crippen LogP contribution in [0.3, 0.4) is 0 Å². The van der Waals surface area contributed by atoms with E-state index in [1.54, 1.807) is 0 Å². The van der Waals surface area contributed by atoms with Crippen molar-refractivity contribution in [2.75, 3.05) is 4.90 Å². The van der Waals surface area contributed by atoms with Gasteiger partial charge in [-0.15, -0.1) is 0 Å². The summed E-state index contributed by atoms with van der Waals surface area (Å²) < 4.78 is 9.23. The SMILES string of the molecule is c1ccc(-c2ccccc2-c2ccc(N(c3ccc4c5ccccc5n(-c5ccccc5)c4c3)c3cccc4c3oc3cc5ccccc5cc34)cc2)cc1. The third-order valence-corrected chi connectivity index (χ3v) is 11.0. The molecule has 2 heterocycles. The van der Waals surface area contributed by atoms with Crippen molar-refractivity contribution in [2.24, 2.45) is 0 Å². The normalized spacial score (nSPS) is 11.6. The zero-order valence-electron chi connectivity index (χ0n) is 29.9. The maximum Gasteiger partial charge on any atom is 0.159 e. The third-order valence-electron chi connectivity index (χ3n) is 11.0. The lowest BCUT2D eigenvalue weighted by molar-refractivity contribution is 0.669. The molecule has 0 N–H and O–H groups in total. The molecule has 2 aromatic heterocycles. The van der Waals surface area contributed by atoms with Crippen LogP contribution in [-0.2, 0) is 0 Å². The van der Waals surface area contributed by atoms with Crippen molar-refractivity contribution in [3.8, 4) is 27.9 Å². The summed E-state index contributed by atoms with van der Waals surface area (Å²) in [6, 6.07) is 73.9. The second-order valence-electron chi connectivity index (χ2n) is 14.1. The second-order valence-corrected chi connectivity index (χ2v) is 14.1. The van der Waals surface area contributed by atoms with Gasteiger partial charge in [0.05, 0.1) is 16.7 Å². The first-order valence-electron chi connectivity index (χ1n) is 18.8. The number of anilines is 3. The average Bonchev–Trinajstić information content (AvgIpc) is 3.79. The van der Waals surface area contributed by atoms with Gasteiger partial charge in [-0.1, -0.05) is 146 Å². The van der Waals surface area contributed by atoms with Crippen LogP contribution in [0.5, 0.6) is 0 Å². The number of nitrogens with zero attached hydrogens (tertiary/aromatic N) is 2. The van der Waals surface area contributed by atoms with Crippen LogP contribution in [0.25, 0.3) is 82.5 Å². The summed E-state index contributed by atoms with van der Waals surface area (Å²) in [4.78, 5) is 2.35. The van der Waals surface area contributed by atoms with Gasteiger partial charge in [0.25, 0.3) is 0 Å². The molecule has 0 bridgehead atoms. The van der Waals surface area contributed by atoms with E-state index >= 15 is 0 Å². The predicted molar refractivity (Wildman–Crippen MR) is 231 cm³/mol. The molecule has 0 saturated heterocycles. The van der Waals surface area contributed by atoms with Gasteiger partial charge in [0.1, 0.15) is 5.58 Å². The van der Waals surface area contributed by atoms with Gasteiger partial charge in [0, 0.05) is 38.6 Å². The van der Waals surface area contributed by atoms with E-state index in [0.29, 0.717) is 0 Å². The molecule has 258 valence electrons. The minimum absolute atomic E-state index is 0.856. The zero-order valence-corrected chi connectivity index (χ0v) is 29.9. The first-order chi connectivity index (χ1) is 27.3. The highest BCUT2D eigenvalue weighted by atomic mass is 16.3. The zero-order chi connectivity index (χ0) is 36.3. The maximum absolute atomic E-state index is 6.86. The summed E-state index contributed by atoms with van der Waals surface area (Å²) in [5, 5.41) is 7.01. The van der Waals surface area contributed by atoms with Crippen LogP contribution in [0.4, 0.5) is 17.1 Å². The van der Waals surface area contributed by atoms with Gasteiger partial charge in [0.15, 0.2) is 5.58 Å². The highest BCUT2D eigenvalue weighted by Crippen LogP contribution is 2.45. The van der Waals surface area contributed by atoms with Gasteiger partial charge in [-0.2, -0.15) is 0 Å². The fourth-order valence-electron chi connectivity index (χ4n) is 8.42. The summed E-state index contributed by atoms with van der Waals surface area (Å²) >= 11 is 0. The predicted octanol–water partition coefficient (Wildman–Crippen LogP) is 14.6. The highest BCUT2D eigenvalue weighted by Gasteiger charge is 2.22. The number of fused-ring (bicyclic) bond motifs is 7. The lowest BCUT2D eigenvalue weighted by atomic mass is 9.94. The van der Waals surface area contributed by atoms with E-state index in [2.05, 4.69) is 216 Å². The van der Waals surface area contributed by atoms with E-state index in [4.69, 9.17) is 4.42 Å².